The molecule has 4 aromatic rings. The van der Waals surface area contributed by atoms with Crippen LogP contribution in [0.2, 0.25) is 0 Å². The largest absolute Gasteiger partial charge is 0.338 e. The number of likely N-dealkylation sites (tertiary alicyclic amines) is 1. The Hall–Kier alpha value is -5.04. The van der Waals surface area contributed by atoms with Gasteiger partial charge in [0.25, 0.3) is 0 Å². The lowest BCUT2D eigenvalue weighted by Crippen LogP contribution is -2.43. The normalized spacial score (nSPS) is 21.3. The minimum absolute atomic E-state index is 0.0984. The number of aromatic nitrogens is 7. The summed E-state index contributed by atoms with van der Waals surface area (Å²) >= 11 is 0. The molecule has 0 aliphatic carbocycles. The molecule has 7 heterocycles. The van der Waals surface area contributed by atoms with Gasteiger partial charge in [0, 0.05) is 51.4 Å². The van der Waals surface area contributed by atoms with E-state index in [0.29, 0.717) is 62.3 Å². The van der Waals surface area contributed by atoms with Gasteiger partial charge in [0.15, 0.2) is 5.82 Å². The van der Waals surface area contributed by atoms with Gasteiger partial charge in [-0.05, 0) is 43.0 Å². The maximum atomic E-state index is 13.9. The van der Waals surface area contributed by atoms with E-state index in [1.807, 2.05) is 41.1 Å². The molecule has 2 saturated heterocycles. The number of nitrogens with zero attached hydrogens (tertiary/aromatic N) is 11. The van der Waals surface area contributed by atoms with Crippen LogP contribution in [0.5, 0.6) is 0 Å². The Bertz CT molecular complexity index is 1910. The number of carbonyl (C=O) groups is 2. The molecular weight excluding hydrogens is 582 g/mol. The van der Waals surface area contributed by atoms with Gasteiger partial charge in [0.1, 0.15) is 23.6 Å². The van der Waals surface area contributed by atoms with Gasteiger partial charge in [-0.3, -0.25) is 29.1 Å². The summed E-state index contributed by atoms with van der Waals surface area (Å²) in [5.74, 6) is 1.57. The summed E-state index contributed by atoms with van der Waals surface area (Å²) in [4.78, 5) is 48.5. The molecule has 0 bridgehead atoms. The zero-order valence-electron chi connectivity index (χ0n) is 26.0. The second kappa shape index (κ2) is 11.1. The summed E-state index contributed by atoms with van der Waals surface area (Å²) in [5, 5.41) is 12.9. The van der Waals surface area contributed by atoms with Crippen molar-refractivity contribution in [3.8, 4) is 11.4 Å². The van der Waals surface area contributed by atoms with Crippen LogP contribution in [0.1, 0.15) is 41.8 Å². The first-order valence-corrected chi connectivity index (χ1v) is 15.7. The Morgan fingerprint density at radius 2 is 1.80 bits per heavy atom. The van der Waals surface area contributed by atoms with Crippen LogP contribution >= 0.6 is 0 Å². The smallest absolute Gasteiger partial charge is 0.237 e. The number of aryl methyl sites for hydroxylation is 2. The number of hydrogen-bond acceptors (Lipinski definition) is 9. The predicted octanol–water partition coefficient (Wildman–Crippen LogP) is 2.10. The van der Waals surface area contributed by atoms with Gasteiger partial charge in [0.05, 0.1) is 30.4 Å². The third-order valence-electron chi connectivity index (χ3n) is 9.69. The molecule has 234 valence electrons. The average Bonchev–Trinajstić information content (AvgIpc) is 3.91. The summed E-state index contributed by atoms with van der Waals surface area (Å²) in [6.45, 7) is 4.09. The Kier molecular flexibility index (Phi) is 6.85. The molecule has 4 aliphatic rings. The molecule has 46 heavy (non-hydrogen) atoms. The van der Waals surface area contributed by atoms with E-state index in [4.69, 9.17) is 4.98 Å². The quantitative estimate of drug-likeness (QED) is 0.322. The number of anilines is 1. The lowest BCUT2D eigenvalue weighted by molar-refractivity contribution is -0.132. The zero-order chi connectivity index (χ0) is 31.4. The first-order chi connectivity index (χ1) is 22.3. The molecule has 1 atom stereocenters. The van der Waals surface area contributed by atoms with Gasteiger partial charge in [-0.2, -0.15) is 20.1 Å². The summed E-state index contributed by atoms with van der Waals surface area (Å²) in [6, 6.07) is 12.2. The van der Waals surface area contributed by atoms with Crippen LogP contribution in [0.4, 0.5) is 5.82 Å². The molecule has 0 N–H and O–H groups in total. The Morgan fingerprint density at radius 3 is 2.54 bits per heavy atom. The van der Waals surface area contributed by atoms with E-state index in [2.05, 4.69) is 48.4 Å². The lowest BCUT2D eigenvalue weighted by Gasteiger charge is -2.29. The number of rotatable bonds is 6. The third kappa shape index (κ3) is 5.00. The highest BCUT2D eigenvalue weighted by atomic mass is 16.2. The van der Waals surface area contributed by atoms with E-state index in [9.17, 15) is 9.59 Å². The highest BCUT2D eigenvalue weighted by molar-refractivity contribution is 6.13. The molecule has 2 amide bonds. The van der Waals surface area contributed by atoms with Crippen molar-refractivity contribution in [3.63, 3.8) is 0 Å². The van der Waals surface area contributed by atoms with Crippen LogP contribution in [0.3, 0.4) is 0 Å². The SMILES string of the molecule is Cn1cnc(-c2ccc(C3=CCN(C(=O)CN4CC[C@]5(CCN(c6ccc7c(n6)C(c6cnn(C)n6)=NC7)C5=O)C4)CC3)cc2)n1. The van der Waals surface area contributed by atoms with Gasteiger partial charge in [-0.25, -0.2) is 9.97 Å². The zero-order valence-corrected chi connectivity index (χ0v) is 26.0. The number of hydrogen-bond donors (Lipinski definition) is 0. The van der Waals surface area contributed by atoms with Crippen LogP contribution in [0, 0.1) is 5.41 Å². The van der Waals surface area contributed by atoms with Crippen LogP contribution < -0.4 is 4.90 Å². The van der Waals surface area contributed by atoms with Gasteiger partial charge < -0.3 is 4.90 Å². The molecule has 2 fully saturated rings. The lowest BCUT2D eigenvalue weighted by atomic mass is 9.85. The summed E-state index contributed by atoms with van der Waals surface area (Å²) in [7, 11) is 3.63. The molecule has 3 aromatic heterocycles. The molecule has 1 aromatic carbocycles. The average molecular weight is 618 g/mol. The first-order valence-electron chi connectivity index (χ1n) is 15.7. The molecule has 8 rings (SSSR count). The van der Waals surface area contributed by atoms with E-state index in [1.54, 1.807) is 24.3 Å². The van der Waals surface area contributed by atoms with Crippen LogP contribution in [-0.4, -0.2) is 101 Å². The maximum absolute atomic E-state index is 13.9. The summed E-state index contributed by atoms with van der Waals surface area (Å²) < 4.78 is 1.70. The van der Waals surface area contributed by atoms with Crippen molar-refractivity contribution in [3.05, 3.63) is 77.5 Å². The van der Waals surface area contributed by atoms with E-state index in [0.717, 1.165) is 48.2 Å². The molecule has 0 radical (unpaired) electrons. The van der Waals surface area contributed by atoms with Crippen molar-refractivity contribution in [1.29, 1.82) is 0 Å². The molecule has 13 heteroatoms. The van der Waals surface area contributed by atoms with Crippen molar-refractivity contribution < 1.29 is 9.59 Å². The Labute approximate surface area is 266 Å². The number of amides is 2. The second-order valence-electron chi connectivity index (χ2n) is 12.6. The number of pyridine rings is 1. The summed E-state index contributed by atoms with van der Waals surface area (Å²) in [5.41, 5.74) is 6.09. The van der Waals surface area contributed by atoms with E-state index in [1.165, 1.54) is 10.4 Å². The fourth-order valence-corrected chi connectivity index (χ4v) is 7.12. The van der Waals surface area contributed by atoms with E-state index < -0.39 is 5.41 Å². The second-order valence-corrected chi connectivity index (χ2v) is 12.6. The van der Waals surface area contributed by atoms with Crippen LogP contribution in [-0.2, 0) is 30.2 Å². The third-order valence-corrected chi connectivity index (χ3v) is 9.69. The minimum atomic E-state index is -0.477. The standard InChI is InChI=1S/C33H35N11O2/c1-40-21-35-31(39-40)24-5-3-22(4-6-24)23-9-13-43(14-10-23)28(45)19-42-15-11-33(20-42)12-16-44(32(33)46)27-8-7-25-17-34-30(29(25)37-27)26-18-36-41(2)38-26/h3-9,18,21H,10-17,19-20H2,1-2H3/t33-/m0/s1. The van der Waals surface area contributed by atoms with Crippen molar-refractivity contribution in [1.82, 2.24) is 44.5 Å². The fourth-order valence-electron chi connectivity index (χ4n) is 7.12. The van der Waals surface area contributed by atoms with E-state index in [-0.39, 0.29) is 11.8 Å². The van der Waals surface area contributed by atoms with Crippen molar-refractivity contribution in [2.45, 2.75) is 25.8 Å². The molecule has 0 unspecified atom stereocenters. The molecule has 1 spiro atoms. The molecule has 4 aliphatic heterocycles. The van der Waals surface area contributed by atoms with Gasteiger partial charge in [0.2, 0.25) is 11.8 Å². The summed E-state index contributed by atoms with van der Waals surface area (Å²) in [6.07, 6.45) is 7.85. The van der Waals surface area contributed by atoms with Crippen LogP contribution in [0.15, 0.2) is 60.0 Å². The van der Waals surface area contributed by atoms with Crippen molar-refractivity contribution in [2.75, 3.05) is 44.2 Å². The predicted molar refractivity (Wildman–Crippen MR) is 171 cm³/mol. The number of aliphatic imine (C=N–C) groups is 1. The highest BCUT2D eigenvalue weighted by Gasteiger charge is 2.51. The monoisotopic (exact) mass is 617 g/mol. The fraction of sp³-hybridized carbons (Fsp3) is 0.394. The molecule has 13 nitrogen and oxygen atoms in total. The molecule has 0 saturated carbocycles. The van der Waals surface area contributed by atoms with Crippen LogP contribution in [0.25, 0.3) is 17.0 Å². The van der Waals surface area contributed by atoms with Gasteiger partial charge in [-0.1, -0.05) is 36.4 Å². The van der Waals surface area contributed by atoms with Gasteiger partial charge in [-0.15, -0.1) is 0 Å². The first kappa shape index (κ1) is 28.4. The molecular formula is C33H35N11O2. The Balaban J connectivity index is 0.882. The van der Waals surface area contributed by atoms with Crippen molar-refractivity contribution in [2.24, 2.45) is 24.5 Å². The number of fused-ring (bicyclic) bond motifs is 1. The maximum Gasteiger partial charge on any atom is 0.237 e. The minimum Gasteiger partial charge on any atom is -0.338 e. The topological polar surface area (TPSA) is 131 Å². The van der Waals surface area contributed by atoms with Gasteiger partial charge >= 0.3 is 0 Å². The number of benzene rings is 1. The highest BCUT2D eigenvalue weighted by Crippen LogP contribution is 2.42. The Morgan fingerprint density at radius 1 is 0.978 bits per heavy atom. The number of carbonyl (C=O) groups excluding carboxylic acids is 2. The van der Waals surface area contributed by atoms with E-state index >= 15 is 0 Å². The van der Waals surface area contributed by atoms with Crippen molar-refractivity contribution >= 4 is 28.9 Å².